The number of hydrogen-bond acceptors (Lipinski definition) is 3. The van der Waals surface area contributed by atoms with E-state index in [-0.39, 0.29) is 12.0 Å². The number of hydrogen-bond donors (Lipinski definition) is 0. The minimum Gasteiger partial charge on any atom is -0.495 e. The van der Waals surface area contributed by atoms with Crippen LogP contribution < -0.4 is 0 Å². The van der Waals surface area contributed by atoms with Gasteiger partial charge in [0.05, 0.1) is 5.76 Å². The summed E-state index contributed by atoms with van der Waals surface area (Å²) in [5.41, 5.74) is 0.132. The fourth-order valence-electron chi connectivity index (χ4n) is 1.81. The van der Waals surface area contributed by atoms with E-state index >= 15 is 0 Å². The highest BCUT2D eigenvalue weighted by Gasteiger charge is 2.28. The molecular formula is C14H26O3. The van der Waals surface area contributed by atoms with E-state index in [1.165, 1.54) is 0 Å². The minimum atomic E-state index is 0.132. The number of carbonyl (C=O) groups is 1. The molecule has 0 aliphatic heterocycles. The lowest BCUT2D eigenvalue weighted by Crippen LogP contribution is -2.25. The van der Waals surface area contributed by atoms with Crippen molar-refractivity contribution in [2.45, 2.75) is 41.0 Å². The Labute approximate surface area is 105 Å². The zero-order valence-corrected chi connectivity index (χ0v) is 11.8. The van der Waals surface area contributed by atoms with Crippen molar-refractivity contribution in [2.75, 3.05) is 13.2 Å². The lowest BCUT2D eigenvalue weighted by molar-refractivity contribution is -0.129. The van der Waals surface area contributed by atoms with Crippen LogP contribution in [0.1, 0.15) is 41.0 Å². The van der Waals surface area contributed by atoms with E-state index in [2.05, 4.69) is 45.9 Å². The van der Waals surface area contributed by atoms with Crippen molar-refractivity contribution in [3.8, 4) is 0 Å². The molecule has 0 spiro atoms. The van der Waals surface area contributed by atoms with Gasteiger partial charge in [0, 0.05) is 5.92 Å². The van der Waals surface area contributed by atoms with E-state index in [9.17, 15) is 4.79 Å². The molecular weight excluding hydrogens is 216 g/mol. The van der Waals surface area contributed by atoms with Crippen molar-refractivity contribution < 1.29 is 14.3 Å². The van der Waals surface area contributed by atoms with Crippen LogP contribution in [-0.2, 0) is 14.3 Å². The van der Waals surface area contributed by atoms with Crippen LogP contribution in [0.15, 0.2) is 12.3 Å². The molecule has 0 bridgehead atoms. The lowest BCUT2D eigenvalue weighted by Gasteiger charge is -2.33. The average molecular weight is 242 g/mol. The van der Waals surface area contributed by atoms with E-state index in [0.29, 0.717) is 24.9 Å². The fourth-order valence-corrected chi connectivity index (χ4v) is 1.81. The molecule has 0 aliphatic carbocycles. The molecule has 0 saturated carbocycles. The Morgan fingerprint density at radius 3 is 2.29 bits per heavy atom. The molecule has 0 fully saturated rings. The van der Waals surface area contributed by atoms with Crippen LogP contribution >= 0.6 is 0 Å². The van der Waals surface area contributed by atoms with Crippen LogP contribution in [0.25, 0.3) is 0 Å². The molecule has 1 atom stereocenters. The molecule has 0 aromatic rings. The van der Waals surface area contributed by atoms with E-state index < -0.39 is 0 Å². The summed E-state index contributed by atoms with van der Waals surface area (Å²) in [6.07, 6.45) is 1.05. The molecule has 0 radical (unpaired) electrons. The van der Waals surface area contributed by atoms with Gasteiger partial charge in [0.25, 0.3) is 6.47 Å². The predicted molar refractivity (Wildman–Crippen MR) is 69.5 cm³/mol. The van der Waals surface area contributed by atoms with Crippen LogP contribution in [-0.4, -0.2) is 19.7 Å². The molecule has 0 rings (SSSR count). The Morgan fingerprint density at radius 1 is 1.29 bits per heavy atom. The first kappa shape index (κ1) is 16.0. The highest BCUT2D eigenvalue weighted by Crippen LogP contribution is 2.36. The minimum absolute atomic E-state index is 0.132. The third-order valence-electron chi connectivity index (χ3n) is 2.70. The Balaban J connectivity index is 4.28. The number of allylic oxidation sites excluding steroid dienone is 1. The van der Waals surface area contributed by atoms with Gasteiger partial charge in [0.2, 0.25) is 0 Å². The summed E-state index contributed by atoms with van der Waals surface area (Å²) < 4.78 is 10.1. The molecule has 100 valence electrons. The van der Waals surface area contributed by atoms with Crippen LogP contribution in [0, 0.1) is 17.3 Å². The smallest absolute Gasteiger partial charge is 0.293 e. The third-order valence-corrected chi connectivity index (χ3v) is 2.70. The monoisotopic (exact) mass is 242 g/mol. The van der Waals surface area contributed by atoms with Gasteiger partial charge >= 0.3 is 0 Å². The molecule has 0 N–H and O–H groups in total. The molecule has 3 nitrogen and oxygen atoms in total. The molecule has 3 heteroatoms. The topological polar surface area (TPSA) is 35.5 Å². The molecule has 0 amide bonds. The average Bonchev–Trinajstić information content (AvgIpc) is 2.19. The first-order chi connectivity index (χ1) is 7.79. The van der Waals surface area contributed by atoms with Crippen LogP contribution in [0.4, 0.5) is 0 Å². The summed E-state index contributed by atoms with van der Waals surface area (Å²) in [5.74, 6) is 1.71. The number of ether oxygens (including phenoxy) is 2. The number of carbonyl (C=O) groups excluding carboxylic acids is 1. The third kappa shape index (κ3) is 7.03. The molecule has 0 aliphatic rings. The van der Waals surface area contributed by atoms with Gasteiger partial charge in [-0.25, -0.2) is 0 Å². The summed E-state index contributed by atoms with van der Waals surface area (Å²) in [4.78, 5) is 9.99. The highest BCUT2D eigenvalue weighted by molar-refractivity contribution is 5.36. The van der Waals surface area contributed by atoms with E-state index in [1.54, 1.807) is 0 Å². The van der Waals surface area contributed by atoms with Crippen LogP contribution in [0.2, 0.25) is 0 Å². The molecule has 0 heterocycles. The lowest BCUT2D eigenvalue weighted by atomic mass is 9.75. The van der Waals surface area contributed by atoms with Gasteiger partial charge < -0.3 is 9.47 Å². The second kappa shape index (κ2) is 7.36. The van der Waals surface area contributed by atoms with Gasteiger partial charge in [-0.1, -0.05) is 41.2 Å². The van der Waals surface area contributed by atoms with Gasteiger partial charge in [0.1, 0.15) is 13.2 Å². The Morgan fingerprint density at radius 2 is 1.88 bits per heavy atom. The standard InChI is InChI=1S/C14H26O3/c1-11(2)9-13(14(4,5)6)12(3)17-8-7-16-10-15/h10-11,13H,3,7-9H2,1-2,4-6H3. The Kier molecular flexibility index (Phi) is 6.93. The van der Waals surface area contributed by atoms with Crippen molar-refractivity contribution in [3.05, 3.63) is 12.3 Å². The Hall–Kier alpha value is -0.990. The zero-order valence-electron chi connectivity index (χ0n) is 11.8. The van der Waals surface area contributed by atoms with E-state index in [0.717, 1.165) is 12.2 Å². The van der Waals surface area contributed by atoms with Crippen molar-refractivity contribution >= 4 is 6.47 Å². The van der Waals surface area contributed by atoms with Gasteiger partial charge in [0.15, 0.2) is 0 Å². The van der Waals surface area contributed by atoms with Crippen molar-refractivity contribution in [2.24, 2.45) is 17.3 Å². The second-order valence-electron chi connectivity index (χ2n) is 5.83. The fraction of sp³-hybridized carbons (Fsp3) is 0.786. The first-order valence-electron chi connectivity index (χ1n) is 6.15. The predicted octanol–water partition coefficient (Wildman–Crippen LogP) is 3.40. The largest absolute Gasteiger partial charge is 0.495 e. The maximum absolute atomic E-state index is 9.99. The summed E-state index contributed by atoms with van der Waals surface area (Å²) in [7, 11) is 0. The van der Waals surface area contributed by atoms with Gasteiger partial charge in [-0.05, 0) is 17.8 Å². The highest BCUT2D eigenvalue weighted by atomic mass is 16.5. The van der Waals surface area contributed by atoms with Gasteiger partial charge in [-0.2, -0.15) is 0 Å². The van der Waals surface area contributed by atoms with E-state index in [4.69, 9.17) is 4.74 Å². The van der Waals surface area contributed by atoms with E-state index in [1.807, 2.05) is 0 Å². The summed E-state index contributed by atoms with van der Waals surface area (Å²) >= 11 is 0. The quantitative estimate of drug-likeness (QED) is 0.372. The van der Waals surface area contributed by atoms with Gasteiger partial charge in [-0.15, -0.1) is 0 Å². The van der Waals surface area contributed by atoms with Crippen molar-refractivity contribution in [1.29, 1.82) is 0 Å². The molecule has 0 saturated heterocycles. The molecule has 1 unspecified atom stereocenters. The summed E-state index contributed by atoms with van der Waals surface area (Å²) in [6, 6.07) is 0. The number of rotatable bonds is 8. The zero-order chi connectivity index (χ0) is 13.5. The second-order valence-corrected chi connectivity index (χ2v) is 5.83. The Bertz CT molecular complexity index is 238. The maximum atomic E-state index is 9.99. The molecule has 0 aromatic heterocycles. The normalized spacial score (nSPS) is 13.3. The maximum Gasteiger partial charge on any atom is 0.293 e. The van der Waals surface area contributed by atoms with Crippen molar-refractivity contribution in [3.63, 3.8) is 0 Å². The summed E-state index contributed by atoms with van der Waals surface area (Å²) in [6.45, 7) is 16.1. The molecule has 17 heavy (non-hydrogen) atoms. The molecule has 0 aromatic carbocycles. The van der Waals surface area contributed by atoms with Crippen LogP contribution in [0.3, 0.4) is 0 Å². The SMILES string of the molecule is C=C(OCCOC=O)C(CC(C)C)C(C)(C)C. The summed E-state index contributed by atoms with van der Waals surface area (Å²) in [5, 5.41) is 0. The first-order valence-corrected chi connectivity index (χ1v) is 6.15. The van der Waals surface area contributed by atoms with Crippen molar-refractivity contribution in [1.82, 2.24) is 0 Å². The van der Waals surface area contributed by atoms with Gasteiger partial charge in [-0.3, -0.25) is 4.79 Å². The van der Waals surface area contributed by atoms with Crippen LogP contribution in [0.5, 0.6) is 0 Å².